The Kier molecular flexibility index (Phi) is 5.02. The third-order valence-corrected chi connectivity index (χ3v) is 4.23. The Morgan fingerprint density at radius 1 is 1.30 bits per heavy atom. The normalized spacial score (nSPS) is 25.4. The summed E-state index contributed by atoms with van der Waals surface area (Å²) in [5.74, 6) is 0.867. The molecule has 2 rings (SSSR count). The van der Waals surface area contributed by atoms with E-state index in [-0.39, 0.29) is 11.6 Å². The molecule has 0 bridgehead atoms. The van der Waals surface area contributed by atoms with Gasteiger partial charge in [0.05, 0.1) is 12.7 Å². The van der Waals surface area contributed by atoms with E-state index in [0.717, 1.165) is 37.4 Å². The van der Waals surface area contributed by atoms with Crippen molar-refractivity contribution in [3.8, 4) is 5.75 Å². The Bertz CT molecular complexity index is 421. The van der Waals surface area contributed by atoms with E-state index in [1.165, 1.54) is 6.42 Å². The highest BCUT2D eigenvalue weighted by Gasteiger charge is 2.31. The first-order valence-corrected chi connectivity index (χ1v) is 7.23. The van der Waals surface area contributed by atoms with Gasteiger partial charge in [-0.3, -0.25) is 4.90 Å². The molecule has 4 nitrogen and oxygen atoms in total. The molecular weight excluding hydrogens is 252 g/mol. The van der Waals surface area contributed by atoms with E-state index in [0.29, 0.717) is 0 Å². The summed E-state index contributed by atoms with van der Waals surface area (Å²) in [5, 5.41) is 0. The molecule has 0 aromatic heterocycles. The Morgan fingerprint density at radius 3 is 2.60 bits per heavy atom. The molecule has 112 valence electrons. The first-order valence-electron chi connectivity index (χ1n) is 7.23. The number of rotatable bonds is 5. The van der Waals surface area contributed by atoms with Crippen LogP contribution in [0.5, 0.6) is 5.75 Å². The van der Waals surface area contributed by atoms with Gasteiger partial charge in [-0.15, -0.1) is 0 Å². The van der Waals surface area contributed by atoms with E-state index in [2.05, 4.69) is 11.8 Å². The minimum Gasteiger partial charge on any atom is -0.497 e. The van der Waals surface area contributed by atoms with Crippen molar-refractivity contribution in [3.63, 3.8) is 0 Å². The number of piperidine rings is 1. The molecule has 0 amide bonds. The third-order valence-electron chi connectivity index (χ3n) is 4.23. The molecule has 20 heavy (non-hydrogen) atoms. The lowest BCUT2D eigenvalue weighted by Gasteiger charge is -2.40. The first kappa shape index (κ1) is 15.3. The standard InChI is InChI=1S/C16H26N2O2/c1-16(20-3)9-4-10-18(12-16)11-15(17)13-5-7-14(19-2)8-6-13/h5-8,15H,4,9-12,17H2,1-3H3. The summed E-state index contributed by atoms with van der Waals surface area (Å²) in [5.41, 5.74) is 7.44. The Balaban J connectivity index is 1.94. The summed E-state index contributed by atoms with van der Waals surface area (Å²) < 4.78 is 10.8. The smallest absolute Gasteiger partial charge is 0.118 e. The number of methoxy groups -OCH3 is 2. The van der Waals surface area contributed by atoms with E-state index in [1.54, 1.807) is 14.2 Å². The highest BCUT2D eigenvalue weighted by Crippen LogP contribution is 2.25. The van der Waals surface area contributed by atoms with Crippen LogP contribution in [-0.2, 0) is 4.74 Å². The molecule has 2 atom stereocenters. The molecule has 1 heterocycles. The number of hydrogen-bond acceptors (Lipinski definition) is 4. The lowest BCUT2D eigenvalue weighted by Crippen LogP contribution is -2.49. The van der Waals surface area contributed by atoms with E-state index in [9.17, 15) is 0 Å². The second kappa shape index (κ2) is 6.57. The van der Waals surface area contributed by atoms with Gasteiger partial charge in [-0.1, -0.05) is 12.1 Å². The van der Waals surface area contributed by atoms with Gasteiger partial charge in [-0.2, -0.15) is 0 Å². The van der Waals surface area contributed by atoms with Gasteiger partial charge < -0.3 is 15.2 Å². The fraction of sp³-hybridized carbons (Fsp3) is 0.625. The zero-order chi connectivity index (χ0) is 14.6. The Hall–Kier alpha value is -1.10. The molecular formula is C16H26N2O2. The number of nitrogens with zero attached hydrogens (tertiary/aromatic N) is 1. The van der Waals surface area contributed by atoms with Crippen LogP contribution in [0.1, 0.15) is 31.4 Å². The maximum atomic E-state index is 6.32. The second-order valence-electron chi connectivity index (χ2n) is 5.87. The van der Waals surface area contributed by atoms with Crippen LogP contribution < -0.4 is 10.5 Å². The van der Waals surface area contributed by atoms with Gasteiger partial charge in [-0.25, -0.2) is 0 Å². The molecule has 0 aliphatic carbocycles. The van der Waals surface area contributed by atoms with E-state index in [1.807, 2.05) is 24.3 Å². The van der Waals surface area contributed by atoms with Crippen molar-refractivity contribution in [2.45, 2.75) is 31.4 Å². The zero-order valence-electron chi connectivity index (χ0n) is 12.8. The number of ether oxygens (including phenoxy) is 2. The summed E-state index contributed by atoms with van der Waals surface area (Å²) in [6.45, 7) is 5.10. The van der Waals surface area contributed by atoms with Crippen LogP contribution in [0.3, 0.4) is 0 Å². The SMILES string of the molecule is COc1ccc(C(N)CN2CCCC(C)(OC)C2)cc1. The molecule has 1 aliphatic rings. The summed E-state index contributed by atoms with van der Waals surface area (Å²) in [7, 11) is 3.47. The molecule has 0 spiro atoms. The van der Waals surface area contributed by atoms with Crippen LogP contribution in [0.2, 0.25) is 0 Å². The fourth-order valence-corrected chi connectivity index (χ4v) is 2.86. The van der Waals surface area contributed by atoms with Gasteiger partial charge in [-0.05, 0) is 44.0 Å². The quantitative estimate of drug-likeness (QED) is 0.897. The lowest BCUT2D eigenvalue weighted by molar-refractivity contribution is -0.0516. The van der Waals surface area contributed by atoms with Crippen molar-refractivity contribution < 1.29 is 9.47 Å². The molecule has 1 aromatic rings. The summed E-state index contributed by atoms with van der Waals surface area (Å²) >= 11 is 0. The van der Waals surface area contributed by atoms with E-state index < -0.39 is 0 Å². The molecule has 1 saturated heterocycles. The predicted octanol–water partition coefficient (Wildman–Crippen LogP) is 2.20. The van der Waals surface area contributed by atoms with Crippen molar-refractivity contribution in [2.24, 2.45) is 5.73 Å². The van der Waals surface area contributed by atoms with Crippen LogP contribution in [0.15, 0.2) is 24.3 Å². The largest absolute Gasteiger partial charge is 0.497 e. The second-order valence-corrected chi connectivity index (χ2v) is 5.87. The first-order chi connectivity index (χ1) is 9.56. The highest BCUT2D eigenvalue weighted by atomic mass is 16.5. The van der Waals surface area contributed by atoms with Gasteiger partial charge >= 0.3 is 0 Å². The molecule has 1 fully saturated rings. The number of benzene rings is 1. The molecule has 2 unspecified atom stereocenters. The Labute approximate surface area is 121 Å². The highest BCUT2D eigenvalue weighted by molar-refractivity contribution is 5.29. The zero-order valence-corrected chi connectivity index (χ0v) is 12.8. The average molecular weight is 278 g/mol. The van der Waals surface area contributed by atoms with Crippen LogP contribution in [0.25, 0.3) is 0 Å². The van der Waals surface area contributed by atoms with Crippen LogP contribution in [-0.4, -0.2) is 44.4 Å². The third kappa shape index (κ3) is 3.72. The average Bonchev–Trinajstić information content (AvgIpc) is 2.47. The van der Waals surface area contributed by atoms with Crippen molar-refractivity contribution in [1.82, 2.24) is 4.90 Å². The van der Waals surface area contributed by atoms with E-state index in [4.69, 9.17) is 15.2 Å². The summed E-state index contributed by atoms with van der Waals surface area (Å²) in [6, 6.07) is 8.04. The molecule has 4 heteroatoms. The van der Waals surface area contributed by atoms with Crippen molar-refractivity contribution >= 4 is 0 Å². The molecule has 2 N–H and O–H groups in total. The van der Waals surface area contributed by atoms with Crippen LogP contribution in [0.4, 0.5) is 0 Å². The summed E-state index contributed by atoms with van der Waals surface area (Å²) in [6.07, 6.45) is 2.29. The lowest BCUT2D eigenvalue weighted by atomic mass is 9.94. The minimum absolute atomic E-state index is 0.0279. The molecule has 1 aliphatic heterocycles. The van der Waals surface area contributed by atoms with Gasteiger partial charge in [0.25, 0.3) is 0 Å². The maximum absolute atomic E-state index is 6.32. The van der Waals surface area contributed by atoms with Crippen LogP contribution >= 0.6 is 0 Å². The van der Waals surface area contributed by atoms with Gasteiger partial charge in [0.1, 0.15) is 5.75 Å². The van der Waals surface area contributed by atoms with Crippen LogP contribution in [0, 0.1) is 0 Å². The molecule has 0 radical (unpaired) electrons. The molecule has 0 saturated carbocycles. The van der Waals surface area contributed by atoms with E-state index >= 15 is 0 Å². The van der Waals surface area contributed by atoms with Crippen molar-refractivity contribution in [1.29, 1.82) is 0 Å². The predicted molar refractivity (Wildman–Crippen MR) is 81.0 cm³/mol. The maximum Gasteiger partial charge on any atom is 0.118 e. The summed E-state index contributed by atoms with van der Waals surface area (Å²) in [4.78, 5) is 2.40. The van der Waals surface area contributed by atoms with Gasteiger partial charge in [0.2, 0.25) is 0 Å². The number of nitrogens with two attached hydrogens (primary N) is 1. The monoisotopic (exact) mass is 278 g/mol. The Morgan fingerprint density at radius 2 is 2.00 bits per heavy atom. The molecule has 1 aromatic carbocycles. The van der Waals surface area contributed by atoms with Crippen molar-refractivity contribution in [3.05, 3.63) is 29.8 Å². The number of hydrogen-bond donors (Lipinski definition) is 1. The number of likely N-dealkylation sites (tertiary alicyclic amines) is 1. The topological polar surface area (TPSA) is 47.7 Å². The van der Waals surface area contributed by atoms with Crippen molar-refractivity contribution in [2.75, 3.05) is 33.9 Å². The van der Waals surface area contributed by atoms with Gasteiger partial charge in [0, 0.05) is 26.2 Å². The fourth-order valence-electron chi connectivity index (χ4n) is 2.86. The van der Waals surface area contributed by atoms with Gasteiger partial charge in [0.15, 0.2) is 0 Å². The minimum atomic E-state index is -0.0299.